The predicted molar refractivity (Wildman–Crippen MR) is 90.9 cm³/mol. The number of carbonyl (C=O) groups is 1. The smallest absolute Gasteiger partial charge is 0.288 e. The number of nitrogens with zero attached hydrogens (tertiary/aromatic N) is 3. The SMILES string of the molecule is C[C@H](Sc1nc(N)nc(N)n1)C(=O)Nc1ccc(SC(F)F)cc1. The molecule has 0 aliphatic rings. The van der Waals surface area contributed by atoms with Crippen LogP contribution in [0.2, 0.25) is 0 Å². The number of rotatable bonds is 6. The summed E-state index contributed by atoms with van der Waals surface area (Å²) in [6.07, 6.45) is 0. The van der Waals surface area contributed by atoms with E-state index in [1.807, 2.05) is 0 Å². The highest BCUT2D eigenvalue weighted by Gasteiger charge is 2.17. The normalized spacial score (nSPS) is 12.2. The number of amides is 1. The first-order valence-corrected chi connectivity index (χ1v) is 8.39. The number of nitrogen functional groups attached to an aromatic ring is 2. The molecule has 1 atom stereocenters. The summed E-state index contributed by atoms with van der Waals surface area (Å²) in [6.45, 7) is 1.66. The summed E-state index contributed by atoms with van der Waals surface area (Å²) < 4.78 is 24.5. The van der Waals surface area contributed by atoms with Crippen molar-refractivity contribution < 1.29 is 13.6 Å². The van der Waals surface area contributed by atoms with Crippen LogP contribution in [0.25, 0.3) is 0 Å². The molecule has 24 heavy (non-hydrogen) atoms. The lowest BCUT2D eigenvalue weighted by molar-refractivity contribution is -0.115. The van der Waals surface area contributed by atoms with Crippen molar-refractivity contribution in [2.24, 2.45) is 0 Å². The topological polar surface area (TPSA) is 120 Å². The fourth-order valence-corrected chi connectivity index (χ4v) is 2.89. The molecule has 0 spiro atoms. The monoisotopic (exact) mass is 372 g/mol. The van der Waals surface area contributed by atoms with E-state index in [4.69, 9.17) is 11.5 Å². The quantitative estimate of drug-likeness (QED) is 0.662. The third-order valence-corrected chi connectivity index (χ3v) is 4.33. The van der Waals surface area contributed by atoms with Crippen molar-refractivity contribution in [3.8, 4) is 0 Å². The van der Waals surface area contributed by atoms with Crippen molar-refractivity contribution in [3.05, 3.63) is 24.3 Å². The fourth-order valence-electron chi connectivity index (χ4n) is 1.62. The zero-order valence-electron chi connectivity index (χ0n) is 12.4. The molecule has 1 amide bonds. The van der Waals surface area contributed by atoms with Crippen LogP contribution < -0.4 is 16.8 Å². The Bertz CT molecular complexity index is 696. The third kappa shape index (κ3) is 5.49. The number of halogens is 2. The van der Waals surface area contributed by atoms with E-state index in [-0.39, 0.29) is 23.0 Å². The van der Waals surface area contributed by atoms with Gasteiger partial charge in [-0.15, -0.1) is 0 Å². The molecule has 1 aromatic heterocycles. The van der Waals surface area contributed by atoms with Crippen molar-refractivity contribution >= 4 is 47.0 Å². The first kappa shape index (κ1) is 18.2. The van der Waals surface area contributed by atoms with E-state index in [1.54, 1.807) is 19.1 Å². The Kier molecular flexibility index (Phi) is 6.15. The van der Waals surface area contributed by atoms with E-state index < -0.39 is 11.0 Å². The van der Waals surface area contributed by atoms with E-state index in [0.717, 1.165) is 11.8 Å². The van der Waals surface area contributed by atoms with Crippen molar-refractivity contribution in [1.29, 1.82) is 0 Å². The molecule has 1 heterocycles. The van der Waals surface area contributed by atoms with E-state index in [0.29, 0.717) is 22.3 Å². The van der Waals surface area contributed by atoms with Gasteiger partial charge in [-0.2, -0.15) is 23.7 Å². The highest BCUT2D eigenvalue weighted by atomic mass is 32.2. The molecule has 5 N–H and O–H groups in total. The van der Waals surface area contributed by atoms with E-state index in [2.05, 4.69) is 20.3 Å². The summed E-state index contributed by atoms with van der Waals surface area (Å²) >= 11 is 1.51. The van der Waals surface area contributed by atoms with Gasteiger partial charge < -0.3 is 16.8 Å². The minimum Gasteiger partial charge on any atom is -0.368 e. The van der Waals surface area contributed by atoms with Gasteiger partial charge in [-0.3, -0.25) is 4.79 Å². The number of aromatic nitrogens is 3. The lowest BCUT2D eigenvalue weighted by Crippen LogP contribution is -2.22. The Balaban J connectivity index is 1.95. The van der Waals surface area contributed by atoms with Gasteiger partial charge in [0, 0.05) is 10.6 Å². The van der Waals surface area contributed by atoms with Crippen LogP contribution in [0.3, 0.4) is 0 Å². The lowest BCUT2D eigenvalue weighted by atomic mass is 10.3. The van der Waals surface area contributed by atoms with Gasteiger partial charge in [0.25, 0.3) is 5.76 Å². The van der Waals surface area contributed by atoms with Gasteiger partial charge in [0.05, 0.1) is 5.25 Å². The molecular weight excluding hydrogens is 358 g/mol. The zero-order chi connectivity index (χ0) is 17.7. The summed E-state index contributed by atoms with van der Waals surface area (Å²) in [5.41, 5.74) is 11.4. The maximum absolute atomic E-state index is 12.3. The summed E-state index contributed by atoms with van der Waals surface area (Å²) in [5, 5.41) is 2.40. The molecule has 11 heteroatoms. The van der Waals surface area contributed by atoms with Crippen molar-refractivity contribution in [1.82, 2.24) is 15.0 Å². The average Bonchev–Trinajstić information content (AvgIpc) is 2.47. The number of nitrogens with one attached hydrogen (secondary N) is 1. The van der Waals surface area contributed by atoms with Gasteiger partial charge in [0.1, 0.15) is 0 Å². The van der Waals surface area contributed by atoms with Crippen LogP contribution in [0.15, 0.2) is 34.3 Å². The number of alkyl halides is 2. The molecule has 0 aliphatic carbocycles. The highest BCUT2D eigenvalue weighted by molar-refractivity contribution is 8.00. The number of hydrogen-bond donors (Lipinski definition) is 3. The van der Waals surface area contributed by atoms with Gasteiger partial charge in [-0.1, -0.05) is 23.5 Å². The van der Waals surface area contributed by atoms with Crippen LogP contribution in [0, 0.1) is 0 Å². The van der Waals surface area contributed by atoms with E-state index >= 15 is 0 Å². The fraction of sp³-hybridized carbons (Fsp3) is 0.231. The molecule has 0 bridgehead atoms. The van der Waals surface area contributed by atoms with Gasteiger partial charge in [-0.05, 0) is 31.2 Å². The zero-order valence-corrected chi connectivity index (χ0v) is 14.1. The molecule has 1 aromatic carbocycles. The molecule has 0 fully saturated rings. The van der Waals surface area contributed by atoms with Crippen molar-refractivity contribution in [2.75, 3.05) is 16.8 Å². The number of hydrogen-bond acceptors (Lipinski definition) is 8. The minimum atomic E-state index is -2.48. The Morgan fingerprint density at radius 2 is 1.67 bits per heavy atom. The molecule has 0 radical (unpaired) electrons. The standard InChI is InChI=1S/C13H14F2N6OS2/c1-6(23-13-20-11(16)19-12(17)21-13)9(22)18-7-2-4-8(5-3-7)24-10(14)15/h2-6,10H,1H3,(H,18,22)(H4,16,17,19,20,21)/t6-/m0/s1. The molecule has 128 valence electrons. The van der Waals surface area contributed by atoms with Gasteiger partial charge >= 0.3 is 0 Å². The maximum atomic E-state index is 12.3. The van der Waals surface area contributed by atoms with Crippen molar-refractivity contribution in [3.63, 3.8) is 0 Å². The summed E-state index contributed by atoms with van der Waals surface area (Å²) in [5.74, 6) is -2.83. The molecule has 0 saturated heterocycles. The first-order chi connectivity index (χ1) is 11.3. The second-order valence-corrected chi connectivity index (χ2v) is 6.86. The maximum Gasteiger partial charge on any atom is 0.288 e. The summed E-state index contributed by atoms with van der Waals surface area (Å²) in [7, 11) is 0. The predicted octanol–water partition coefficient (Wildman–Crippen LogP) is 2.47. The molecular formula is C13H14F2N6OS2. The van der Waals surface area contributed by atoms with Crippen LogP contribution in [0.1, 0.15) is 6.92 Å². The average molecular weight is 372 g/mol. The Morgan fingerprint density at radius 1 is 1.08 bits per heavy atom. The third-order valence-electron chi connectivity index (χ3n) is 2.65. The molecule has 0 unspecified atom stereocenters. The Morgan fingerprint density at radius 3 is 2.21 bits per heavy atom. The van der Waals surface area contributed by atoms with Crippen LogP contribution in [0.5, 0.6) is 0 Å². The number of carbonyl (C=O) groups excluding carboxylic acids is 1. The highest BCUT2D eigenvalue weighted by Crippen LogP contribution is 2.27. The van der Waals surface area contributed by atoms with Crippen LogP contribution in [0.4, 0.5) is 26.4 Å². The molecule has 0 aliphatic heterocycles. The Hall–Kier alpha value is -2.14. The number of benzene rings is 1. The van der Waals surface area contributed by atoms with Gasteiger partial charge in [-0.25, -0.2) is 0 Å². The van der Waals surface area contributed by atoms with Gasteiger partial charge in [0.2, 0.25) is 17.8 Å². The van der Waals surface area contributed by atoms with Crippen LogP contribution in [-0.2, 0) is 4.79 Å². The lowest BCUT2D eigenvalue weighted by Gasteiger charge is -2.11. The van der Waals surface area contributed by atoms with Crippen LogP contribution in [-0.4, -0.2) is 31.9 Å². The summed E-state index contributed by atoms with van der Waals surface area (Å²) in [6, 6.07) is 6.13. The molecule has 2 rings (SSSR count). The largest absolute Gasteiger partial charge is 0.368 e. The second kappa shape index (κ2) is 8.11. The van der Waals surface area contributed by atoms with E-state index in [1.165, 1.54) is 12.1 Å². The van der Waals surface area contributed by atoms with Gasteiger partial charge in [0.15, 0.2) is 5.16 Å². The van der Waals surface area contributed by atoms with E-state index in [9.17, 15) is 13.6 Å². The summed E-state index contributed by atoms with van der Waals surface area (Å²) in [4.78, 5) is 24.0. The van der Waals surface area contributed by atoms with Crippen LogP contribution >= 0.6 is 23.5 Å². The minimum absolute atomic E-state index is 0.0234. The number of thioether (sulfide) groups is 2. The van der Waals surface area contributed by atoms with Crippen molar-refractivity contribution in [2.45, 2.75) is 28.0 Å². The molecule has 2 aromatic rings. The molecule has 0 saturated carbocycles. The number of anilines is 3. The Labute approximate surface area is 145 Å². The second-order valence-electron chi connectivity index (χ2n) is 4.49. The first-order valence-electron chi connectivity index (χ1n) is 6.63. The molecule has 7 nitrogen and oxygen atoms in total. The number of nitrogens with two attached hydrogens (primary N) is 2.